The van der Waals surface area contributed by atoms with Gasteiger partial charge in [-0.3, -0.25) is 4.79 Å². The van der Waals surface area contributed by atoms with Gasteiger partial charge in [0.25, 0.3) is 11.1 Å². The molecule has 0 heterocycles. The SMILES string of the molecule is CCCN(CCC)C(=S)Oc1ccc(C(=O)Nc2ccc3ccccc3c2)cc1. The standard InChI is InChI=1S/C24H26N2O2S/c1-3-15-26(16-4-2)24(29)28-22-13-10-19(11-14-22)23(27)25-21-12-9-18-7-5-6-8-20(18)17-21/h5-14,17H,3-4,15-16H2,1-2H3,(H,25,27). The summed E-state index contributed by atoms with van der Waals surface area (Å²) in [4.78, 5) is 14.6. The second-order valence-corrected chi connectivity index (χ2v) is 7.24. The molecule has 0 fully saturated rings. The van der Waals surface area contributed by atoms with Crippen molar-refractivity contribution in [3.8, 4) is 5.75 Å². The number of hydrogen-bond donors (Lipinski definition) is 1. The molecule has 0 bridgehead atoms. The first-order chi connectivity index (χ1) is 14.1. The number of carbonyl (C=O) groups is 1. The molecule has 0 saturated heterocycles. The molecule has 0 atom stereocenters. The van der Waals surface area contributed by atoms with Gasteiger partial charge in [-0.25, -0.2) is 0 Å². The van der Waals surface area contributed by atoms with Gasteiger partial charge in [-0.1, -0.05) is 44.2 Å². The van der Waals surface area contributed by atoms with E-state index in [2.05, 4.69) is 24.1 Å². The molecule has 0 unspecified atom stereocenters. The second kappa shape index (κ2) is 10.0. The normalized spacial score (nSPS) is 10.6. The summed E-state index contributed by atoms with van der Waals surface area (Å²) in [5, 5.41) is 5.65. The molecule has 0 aliphatic carbocycles. The van der Waals surface area contributed by atoms with Crippen LogP contribution in [-0.4, -0.2) is 29.1 Å². The average molecular weight is 407 g/mol. The topological polar surface area (TPSA) is 41.6 Å². The van der Waals surface area contributed by atoms with E-state index in [0.29, 0.717) is 16.5 Å². The number of amides is 1. The number of hydrogen-bond acceptors (Lipinski definition) is 3. The summed E-state index contributed by atoms with van der Waals surface area (Å²) in [6, 6.07) is 21.0. The van der Waals surface area contributed by atoms with Gasteiger partial charge in [-0.05, 0) is 72.2 Å². The van der Waals surface area contributed by atoms with Crippen LogP contribution in [0.15, 0.2) is 66.7 Å². The average Bonchev–Trinajstić information content (AvgIpc) is 2.74. The number of ether oxygens (including phenoxy) is 1. The lowest BCUT2D eigenvalue weighted by atomic mass is 10.1. The minimum atomic E-state index is -0.159. The third-order valence-corrected chi connectivity index (χ3v) is 4.92. The summed E-state index contributed by atoms with van der Waals surface area (Å²) in [5.74, 6) is 0.475. The molecule has 1 N–H and O–H groups in total. The van der Waals surface area contributed by atoms with Gasteiger partial charge in [0, 0.05) is 24.3 Å². The van der Waals surface area contributed by atoms with Crippen LogP contribution in [-0.2, 0) is 0 Å². The van der Waals surface area contributed by atoms with Crippen molar-refractivity contribution >= 4 is 39.8 Å². The first-order valence-corrected chi connectivity index (χ1v) is 10.4. The summed E-state index contributed by atoms with van der Waals surface area (Å²) in [7, 11) is 0. The number of nitrogens with one attached hydrogen (secondary N) is 1. The molecule has 0 saturated carbocycles. The van der Waals surface area contributed by atoms with Crippen LogP contribution in [0, 0.1) is 0 Å². The van der Waals surface area contributed by atoms with E-state index in [9.17, 15) is 4.79 Å². The molecular formula is C24H26N2O2S. The van der Waals surface area contributed by atoms with Crippen LogP contribution in [0.4, 0.5) is 5.69 Å². The first kappa shape index (κ1) is 20.8. The quantitative estimate of drug-likeness (QED) is 0.498. The third kappa shape index (κ3) is 5.55. The van der Waals surface area contributed by atoms with E-state index >= 15 is 0 Å². The van der Waals surface area contributed by atoms with Gasteiger partial charge in [0.05, 0.1) is 0 Å². The molecule has 3 aromatic rings. The van der Waals surface area contributed by atoms with Gasteiger partial charge < -0.3 is 15.0 Å². The molecule has 1 amide bonds. The molecule has 3 rings (SSSR count). The Hall–Kier alpha value is -2.92. The number of anilines is 1. The molecule has 5 heteroatoms. The van der Waals surface area contributed by atoms with Crippen LogP contribution in [0.1, 0.15) is 37.0 Å². The molecule has 29 heavy (non-hydrogen) atoms. The van der Waals surface area contributed by atoms with Gasteiger partial charge in [-0.15, -0.1) is 0 Å². The number of benzene rings is 3. The van der Waals surface area contributed by atoms with Crippen LogP contribution in [0.5, 0.6) is 5.75 Å². The van der Waals surface area contributed by atoms with Gasteiger partial charge >= 0.3 is 0 Å². The van der Waals surface area contributed by atoms with Crippen molar-refractivity contribution in [3.05, 3.63) is 72.3 Å². The van der Waals surface area contributed by atoms with E-state index in [4.69, 9.17) is 17.0 Å². The number of carbonyl (C=O) groups excluding carboxylic acids is 1. The van der Waals surface area contributed by atoms with Crippen LogP contribution in [0.3, 0.4) is 0 Å². The minimum absolute atomic E-state index is 0.159. The summed E-state index contributed by atoms with van der Waals surface area (Å²) < 4.78 is 5.81. The van der Waals surface area contributed by atoms with Crippen molar-refractivity contribution in [1.82, 2.24) is 4.90 Å². The van der Waals surface area contributed by atoms with Crippen molar-refractivity contribution in [2.24, 2.45) is 0 Å². The Morgan fingerprint density at radius 1 is 0.931 bits per heavy atom. The number of rotatable bonds is 7. The smallest absolute Gasteiger partial charge is 0.264 e. The van der Waals surface area contributed by atoms with Crippen molar-refractivity contribution < 1.29 is 9.53 Å². The Balaban J connectivity index is 1.64. The van der Waals surface area contributed by atoms with Crippen LogP contribution >= 0.6 is 12.2 Å². The van der Waals surface area contributed by atoms with E-state index in [1.54, 1.807) is 24.3 Å². The van der Waals surface area contributed by atoms with E-state index in [1.807, 2.05) is 42.5 Å². The highest BCUT2D eigenvalue weighted by molar-refractivity contribution is 7.80. The fraction of sp³-hybridized carbons (Fsp3) is 0.250. The fourth-order valence-corrected chi connectivity index (χ4v) is 3.42. The van der Waals surface area contributed by atoms with E-state index in [0.717, 1.165) is 42.4 Å². The van der Waals surface area contributed by atoms with E-state index < -0.39 is 0 Å². The highest BCUT2D eigenvalue weighted by atomic mass is 32.1. The van der Waals surface area contributed by atoms with Gasteiger partial charge in [0.15, 0.2) is 0 Å². The molecule has 150 valence electrons. The third-order valence-electron chi connectivity index (χ3n) is 4.57. The monoisotopic (exact) mass is 406 g/mol. The number of nitrogens with zero attached hydrogens (tertiary/aromatic N) is 1. The van der Waals surface area contributed by atoms with Gasteiger partial charge in [0.1, 0.15) is 5.75 Å². The first-order valence-electron chi connectivity index (χ1n) is 9.97. The lowest BCUT2D eigenvalue weighted by molar-refractivity contribution is 0.102. The summed E-state index contributed by atoms with van der Waals surface area (Å²) in [5.41, 5.74) is 1.33. The van der Waals surface area contributed by atoms with Gasteiger partial charge in [0.2, 0.25) is 0 Å². The molecule has 0 aliphatic rings. The van der Waals surface area contributed by atoms with Crippen molar-refractivity contribution in [2.45, 2.75) is 26.7 Å². The minimum Gasteiger partial charge on any atom is -0.432 e. The predicted molar refractivity (Wildman–Crippen MR) is 124 cm³/mol. The molecule has 0 aliphatic heterocycles. The molecule has 3 aromatic carbocycles. The van der Waals surface area contributed by atoms with Crippen LogP contribution in [0.2, 0.25) is 0 Å². The zero-order valence-corrected chi connectivity index (χ0v) is 17.7. The van der Waals surface area contributed by atoms with E-state index in [-0.39, 0.29) is 5.91 Å². The highest BCUT2D eigenvalue weighted by Crippen LogP contribution is 2.20. The molecule has 0 spiro atoms. The predicted octanol–water partition coefficient (Wildman–Crippen LogP) is 5.88. The Kier molecular flexibility index (Phi) is 7.19. The Morgan fingerprint density at radius 3 is 2.24 bits per heavy atom. The molecule has 0 aromatic heterocycles. The zero-order chi connectivity index (χ0) is 20.6. The van der Waals surface area contributed by atoms with Crippen LogP contribution < -0.4 is 10.1 Å². The van der Waals surface area contributed by atoms with Crippen molar-refractivity contribution in [1.29, 1.82) is 0 Å². The largest absolute Gasteiger partial charge is 0.432 e. The maximum Gasteiger partial charge on any atom is 0.264 e. The summed E-state index contributed by atoms with van der Waals surface area (Å²) in [6.45, 7) is 5.99. The van der Waals surface area contributed by atoms with Gasteiger partial charge in [-0.2, -0.15) is 0 Å². The number of fused-ring (bicyclic) bond motifs is 1. The Bertz CT molecular complexity index is 980. The molecule has 0 radical (unpaired) electrons. The maximum absolute atomic E-state index is 12.6. The van der Waals surface area contributed by atoms with E-state index in [1.165, 1.54) is 0 Å². The van der Waals surface area contributed by atoms with Crippen molar-refractivity contribution in [2.75, 3.05) is 18.4 Å². The lowest BCUT2D eigenvalue weighted by Gasteiger charge is -2.23. The molecule has 4 nitrogen and oxygen atoms in total. The highest BCUT2D eigenvalue weighted by Gasteiger charge is 2.11. The second-order valence-electron chi connectivity index (χ2n) is 6.90. The summed E-state index contributed by atoms with van der Waals surface area (Å²) >= 11 is 5.42. The fourth-order valence-electron chi connectivity index (χ4n) is 3.14. The van der Waals surface area contributed by atoms with Crippen molar-refractivity contribution in [3.63, 3.8) is 0 Å². The Morgan fingerprint density at radius 2 is 1.59 bits per heavy atom. The zero-order valence-electron chi connectivity index (χ0n) is 16.9. The van der Waals surface area contributed by atoms with Crippen LogP contribution in [0.25, 0.3) is 10.8 Å². The summed E-state index contributed by atoms with van der Waals surface area (Å²) in [6.07, 6.45) is 2.02. The maximum atomic E-state index is 12.6. The lowest BCUT2D eigenvalue weighted by Crippen LogP contribution is -2.34. The number of thiocarbonyl (C=S) groups is 1. The Labute approximate surface area is 177 Å². The molecular weight excluding hydrogens is 380 g/mol.